The molecule has 0 fully saturated rings. The molecule has 0 aliphatic heterocycles. The molecular weight excluding hydrogens is 527 g/mol. The topological polar surface area (TPSA) is 103 Å². The summed E-state index contributed by atoms with van der Waals surface area (Å²) in [5.41, 5.74) is 8.28. The van der Waals surface area contributed by atoms with Crippen LogP contribution < -0.4 is 16.4 Å². The second-order valence-corrected chi connectivity index (χ2v) is 17.1. The van der Waals surface area contributed by atoms with E-state index in [0.29, 0.717) is 13.2 Å². The first kappa shape index (κ1) is 30.6. The molecule has 0 radical (unpaired) electrons. The number of hydrogen-bond acceptors (Lipinski definition) is 6. The summed E-state index contributed by atoms with van der Waals surface area (Å²) in [4.78, 5) is 27.9. The van der Waals surface area contributed by atoms with Crippen LogP contribution in [0, 0.1) is 0 Å². The molecule has 7 nitrogen and oxygen atoms in total. The summed E-state index contributed by atoms with van der Waals surface area (Å²) >= 11 is 1.56. The van der Waals surface area contributed by atoms with Crippen LogP contribution in [0.1, 0.15) is 53.6 Å². The maximum Gasteiger partial charge on any atom is 0.407 e. The zero-order valence-electron chi connectivity index (χ0n) is 23.7. The van der Waals surface area contributed by atoms with Crippen molar-refractivity contribution in [3.63, 3.8) is 0 Å². The van der Waals surface area contributed by atoms with Crippen molar-refractivity contribution in [3.05, 3.63) is 93.7 Å². The van der Waals surface area contributed by atoms with E-state index in [-0.39, 0.29) is 17.0 Å². The van der Waals surface area contributed by atoms with Crippen molar-refractivity contribution in [2.45, 2.75) is 63.4 Å². The molecule has 0 spiro atoms. The van der Waals surface area contributed by atoms with Crippen LogP contribution in [0.5, 0.6) is 0 Å². The maximum atomic E-state index is 13.6. The van der Waals surface area contributed by atoms with Crippen molar-refractivity contribution in [2.75, 3.05) is 13.7 Å². The molecule has 210 valence electrons. The third-order valence-electron chi connectivity index (χ3n) is 7.31. The van der Waals surface area contributed by atoms with E-state index in [1.807, 2.05) is 72.8 Å². The van der Waals surface area contributed by atoms with Gasteiger partial charge in [0.15, 0.2) is 8.32 Å². The van der Waals surface area contributed by atoms with Crippen LogP contribution in [-0.2, 0) is 20.5 Å². The Bertz CT molecular complexity index is 1170. The summed E-state index contributed by atoms with van der Waals surface area (Å²) in [7, 11) is -0.610. The standard InChI is InChI=1S/C30H41N3O4SSi/c1-30(2,3)39(5,6)37-20-24(31)25-18-17-23(38-25)19-32-28(34)27(33-29(35)36-4)26(21-13-9-7-10-14-21)22-15-11-8-12-16-22/h7-18,24,26-27H,19-20,31H2,1-6H3,(H,32,34)(H,33,35)/t24-,27?/m1/s1. The average molecular weight is 568 g/mol. The van der Waals surface area contributed by atoms with Gasteiger partial charge in [0.2, 0.25) is 5.91 Å². The van der Waals surface area contributed by atoms with Gasteiger partial charge in [0.05, 0.1) is 26.3 Å². The average Bonchev–Trinajstić information content (AvgIpc) is 3.40. The molecule has 1 heterocycles. The molecule has 0 saturated carbocycles. The number of amides is 2. The molecule has 2 aromatic carbocycles. The zero-order chi connectivity index (χ0) is 28.6. The molecule has 4 N–H and O–H groups in total. The van der Waals surface area contributed by atoms with E-state index < -0.39 is 26.4 Å². The lowest BCUT2D eigenvalue weighted by Gasteiger charge is -2.36. The third kappa shape index (κ3) is 8.25. The summed E-state index contributed by atoms with van der Waals surface area (Å²) in [6, 6.07) is 22.2. The number of ether oxygens (including phenoxy) is 1. The smallest absolute Gasteiger partial charge is 0.407 e. The zero-order valence-corrected chi connectivity index (χ0v) is 25.5. The number of rotatable bonds is 11. The lowest BCUT2D eigenvalue weighted by Crippen LogP contribution is -2.50. The fourth-order valence-corrected chi connectivity index (χ4v) is 5.92. The molecule has 1 aromatic heterocycles. The number of nitrogens with one attached hydrogen (secondary N) is 2. The lowest BCUT2D eigenvalue weighted by atomic mass is 9.84. The quantitative estimate of drug-likeness (QED) is 0.249. The van der Waals surface area contributed by atoms with Crippen molar-refractivity contribution in [1.29, 1.82) is 0 Å². The first-order valence-electron chi connectivity index (χ1n) is 13.1. The van der Waals surface area contributed by atoms with Gasteiger partial charge in [-0.1, -0.05) is 81.4 Å². The van der Waals surface area contributed by atoms with Crippen LogP contribution in [0.15, 0.2) is 72.8 Å². The van der Waals surface area contributed by atoms with Gasteiger partial charge in [-0.3, -0.25) is 4.79 Å². The Kier molecular flexibility index (Phi) is 10.5. The molecule has 3 aromatic rings. The highest BCUT2D eigenvalue weighted by Gasteiger charge is 2.37. The number of thiophene rings is 1. The Balaban J connectivity index is 1.74. The van der Waals surface area contributed by atoms with Gasteiger partial charge >= 0.3 is 6.09 Å². The number of carbonyl (C=O) groups is 2. The number of carbonyl (C=O) groups excluding carboxylic acids is 2. The maximum absolute atomic E-state index is 13.6. The minimum absolute atomic E-state index is 0.115. The largest absolute Gasteiger partial charge is 0.453 e. The molecule has 1 unspecified atom stereocenters. The Morgan fingerprint density at radius 2 is 1.51 bits per heavy atom. The van der Waals surface area contributed by atoms with E-state index in [9.17, 15) is 9.59 Å². The molecule has 0 bridgehead atoms. The van der Waals surface area contributed by atoms with Crippen LogP contribution in [0.25, 0.3) is 0 Å². The molecule has 0 saturated heterocycles. The van der Waals surface area contributed by atoms with E-state index >= 15 is 0 Å². The van der Waals surface area contributed by atoms with Gasteiger partial charge in [-0.25, -0.2) is 4.79 Å². The molecule has 2 amide bonds. The second kappa shape index (κ2) is 13.4. The van der Waals surface area contributed by atoms with Crippen LogP contribution in [0.3, 0.4) is 0 Å². The van der Waals surface area contributed by atoms with Crippen LogP contribution >= 0.6 is 11.3 Å². The minimum atomic E-state index is -1.90. The fraction of sp³-hybridized carbons (Fsp3) is 0.400. The highest BCUT2D eigenvalue weighted by atomic mass is 32.1. The Labute approximate surface area is 237 Å². The number of nitrogens with two attached hydrogens (primary N) is 1. The highest BCUT2D eigenvalue weighted by molar-refractivity contribution is 7.12. The van der Waals surface area contributed by atoms with Gasteiger partial charge in [0.25, 0.3) is 0 Å². The number of alkyl carbamates (subject to hydrolysis) is 1. The third-order valence-corrected chi connectivity index (χ3v) is 13.0. The van der Waals surface area contributed by atoms with Crippen LogP contribution in [0.2, 0.25) is 18.1 Å². The normalized spacial score (nSPS) is 13.5. The van der Waals surface area contributed by atoms with Crippen LogP contribution in [0.4, 0.5) is 4.79 Å². The predicted molar refractivity (Wildman–Crippen MR) is 160 cm³/mol. The Morgan fingerprint density at radius 3 is 2.03 bits per heavy atom. The van der Waals surface area contributed by atoms with Gasteiger partial charge in [-0.05, 0) is 41.4 Å². The van der Waals surface area contributed by atoms with Crippen molar-refractivity contribution in [2.24, 2.45) is 5.73 Å². The summed E-state index contributed by atoms with van der Waals surface area (Å²) in [5.74, 6) is -0.718. The van der Waals surface area contributed by atoms with Crippen LogP contribution in [-0.4, -0.2) is 40.1 Å². The van der Waals surface area contributed by atoms with E-state index in [2.05, 4.69) is 44.5 Å². The molecule has 0 aliphatic carbocycles. The van der Waals surface area contributed by atoms with E-state index in [1.54, 1.807) is 11.3 Å². The van der Waals surface area contributed by atoms with Crippen molar-refractivity contribution >= 4 is 31.7 Å². The number of benzene rings is 2. The van der Waals surface area contributed by atoms with Crippen molar-refractivity contribution in [1.82, 2.24) is 10.6 Å². The van der Waals surface area contributed by atoms with E-state index in [4.69, 9.17) is 14.9 Å². The summed E-state index contributed by atoms with van der Waals surface area (Å²) in [6.45, 7) is 11.8. The van der Waals surface area contributed by atoms with Crippen molar-refractivity contribution < 1.29 is 18.8 Å². The highest BCUT2D eigenvalue weighted by Crippen LogP contribution is 2.37. The summed E-state index contributed by atoms with van der Waals surface area (Å²) in [6.07, 6.45) is -0.668. The summed E-state index contributed by atoms with van der Waals surface area (Å²) < 4.78 is 11.2. The molecule has 3 rings (SSSR count). The molecule has 2 atom stereocenters. The molecule has 9 heteroatoms. The van der Waals surface area contributed by atoms with Gasteiger partial charge in [-0.2, -0.15) is 0 Å². The predicted octanol–water partition coefficient (Wildman–Crippen LogP) is 5.94. The molecule has 39 heavy (non-hydrogen) atoms. The number of hydrogen-bond donors (Lipinski definition) is 3. The summed E-state index contributed by atoms with van der Waals surface area (Å²) in [5, 5.41) is 5.89. The monoisotopic (exact) mass is 567 g/mol. The van der Waals surface area contributed by atoms with Gasteiger partial charge in [-0.15, -0.1) is 11.3 Å². The Hall–Kier alpha value is -2.98. The Morgan fingerprint density at radius 1 is 0.949 bits per heavy atom. The van der Waals surface area contributed by atoms with E-state index in [0.717, 1.165) is 20.9 Å². The first-order valence-corrected chi connectivity index (χ1v) is 16.9. The van der Waals surface area contributed by atoms with Crippen molar-refractivity contribution in [3.8, 4) is 0 Å². The van der Waals surface area contributed by atoms with E-state index in [1.165, 1.54) is 7.11 Å². The first-order chi connectivity index (χ1) is 18.4. The SMILES string of the molecule is COC(=O)NC(C(=O)NCc1ccc([C@H](N)CO[Si](C)(C)C(C)(C)C)s1)C(c1ccccc1)c1ccccc1. The number of methoxy groups -OCH3 is 1. The molecule has 0 aliphatic rings. The lowest BCUT2D eigenvalue weighted by molar-refractivity contribution is -0.123. The van der Waals surface area contributed by atoms with Gasteiger partial charge in [0.1, 0.15) is 6.04 Å². The minimum Gasteiger partial charge on any atom is -0.453 e. The van der Waals surface area contributed by atoms with Gasteiger partial charge in [0, 0.05) is 15.7 Å². The second-order valence-electron chi connectivity index (χ2n) is 11.1. The van der Waals surface area contributed by atoms with Gasteiger partial charge < -0.3 is 25.5 Å². The fourth-order valence-electron chi connectivity index (χ4n) is 3.95. The molecular formula is C30H41N3O4SSi.